The number of oxime groups is 1. The highest BCUT2D eigenvalue weighted by atomic mass is 28.3. The highest BCUT2D eigenvalue weighted by Gasteiger charge is 2.08. The van der Waals surface area contributed by atoms with Crippen molar-refractivity contribution < 1.29 is 5.21 Å². The first-order valence-corrected chi connectivity index (χ1v) is 8.33. The quantitative estimate of drug-likeness (QED) is 0.253. The Hall–Kier alpha value is -1.53. The van der Waals surface area contributed by atoms with Crippen molar-refractivity contribution in [1.29, 1.82) is 0 Å². The normalized spacial score (nSPS) is 11.8. The summed E-state index contributed by atoms with van der Waals surface area (Å²) in [5.74, 6) is 2.94. The van der Waals surface area contributed by atoms with Gasteiger partial charge in [-0.25, -0.2) is 0 Å². The predicted molar refractivity (Wildman–Crippen MR) is 65.9 cm³/mol. The molecule has 1 N–H and O–H groups in total. The minimum atomic E-state index is -1.42. The van der Waals surface area contributed by atoms with E-state index in [1.807, 2.05) is 30.3 Å². The lowest BCUT2D eigenvalue weighted by molar-refractivity contribution is 0.320. The standard InChI is InChI=1S/C12H15NOSi/c1-15(2,3)10-9-12(13-14)11-7-5-4-6-8-11/h4-8,14H,1-3H3. The molecule has 78 valence electrons. The van der Waals surface area contributed by atoms with Gasteiger partial charge in [-0.3, -0.25) is 0 Å². The molecule has 0 aromatic heterocycles. The van der Waals surface area contributed by atoms with Gasteiger partial charge >= 0.3 is 0 Å². The van der Waals surface area contributed by atoms with Gasteiger partial charge in [0.2, 0.25) is 0 Å². The molecule has 15 heavy (non-hydrogen) atoms. The van der Waals surface area contributed by atoms with Crippen LogP contribution in [0.5, 0.6) is 0 Å². The Balaban J connectivity index is 2.97. The third-order valence-corrected chi connectivity index (χ3v) is 2.58. The van der Waals surface area contributed by atoms with Crippen LogP contribution in [0.1, 0.15) is 5.56 Å². The van der Waals surface area contributed by atoms with Crippen LogP contribution >= 0.6 is 0 Å². The van der Waals surface area contributed by atoms with E-state index in [1.165, 1.54) is 0 Å². The number of rotatable bonds is 1. The first kappa shape index (κ1) is 11.5. The minimum Gasteiger partial charge on any atom is -0.410 e. The Morgan fingerprint density at radius 1 is 1.20 bits per heavy atom. The summed E-state index contributed by atoms with van der Waals surface area (Å²) in [5.41, 5.74) is 4.46. The molecule has 1 rings (SSSR count). The maximum Gasteiger partial charge on any atom is 0.159 e. The lowest BCUT2D eigenvalue weighted by atomic mass is 10.1. The summed E-state index contributed by atoms with van der Waals surface area (Å²) in [6, 6.07) is 9.49. The van der Waals surface area contributed by atoms with Gasteiger partial charge in [0.25, 0.3) is 0 Å². The van der Waals surface area contributed by atoms with E-state index < -0.39 is 8.07 Å². The van der Waals surface area contributed by atoms with Crippen molar-refractivity contribution in [3.05, 3.63) is 35.9 Å². The molecule has 0 radical (unpaired) electrons. The van der Waals surface area contributed by atoms with Crippen molar-refractivity contribution in [3.63, 3.8) is 0 Å². The molecule has 0 amide bonds. The Morgan fingerprint density at radius 2 is 1.80 bits per heavy atom. The molecule has 0 atom stereocenters. The van der Waals surface area contributed by atoms with E-state index in [-0.39, 0.29) is 0 Å². The van der Waals surface area contributed by atoms with E-state index >= 15 is 0 Å². The van der Waals surface area contributed by atoms with Gasteiger partial charge in [0.05, 0.1) is 0 Å². The van der Waals surface area contributed by atoms with Crippen LogP contribution in [0, 0.1) is 11.5 Å². The lowest BCUT2D eigenvalue weighted by Gasteiger charge is -2.03. The van der Waals surface area contributed by atoms with E-state index in [9.17, 15) is 0 Å². The number of hydrogen-bond donors (Lipinski definition) is 1. The number of hydrogen-bond acceptors (Lipinski definition) is 2. The van der Waals surface area contributed by atoms with Crippen LogP contribution in [0.25, 0.3) is 0 Å². The van der Waals surface area contributed by atoms with Gasteiger partial charge in [-0.15, -0.1) is 5.54 Å². The maximum atomic E-state index is 8.88. The summed E-state index contributed by atoms with van der Waals surface area (Å²) in [7, 11) is -1.42. The van der Waals surface area contributed by atoms with E-state index in [0.717, 1.165) is 5.56 Å². The van der Waals surface area contributed by atoms with Gasteiger partial charge in [0.15, 0.2) is 5.71 Å². The molecular weight excluding hydrogens is 202 g/mol. The smallest absolute Gasteiger partial charge is 0.159 e. The average molecular weight is 217 g/mol. The molecule has 0 saturated heterocycles. The third kappa shape index (κ3) is 4.01. The van der Waals surface area contributed by atoms with Crippen molar-refractivity contribution in [2.24, 2.45) is 5.16 Å². The molecule has 3 heteroatoms. The largest absolute Gasteiger partial charge is 0.410 e. The van der Waals surface area contributed by atoms with Gasteiger partial charge < -0.3 is 5.21 Å². The molecule has 0 bridgehead atoms. The van der Waals surface area contributed by atoms with Crippen LogP contribution in [0.15, 0.2) is 35.5 Å². The Bertz CT molecular complexity index is 407. The predicted octanol–water partition coefficient (Wildman–Crippen LogP) is 2.75. The molecule has 0 heterocycles. The maximum absolute atomic E-state index is 8.88. The van der Waals surface area contributed by atoms with Crippen molar-refractivity contribution in [2.45, 2.75) is 19.6 Å². The van der Waals surface area contributed by atoms with Crippen LogP contribution in [-0.4, -0.2) is 19.0 Å². The van der Waals surface area contributed by atoms with Gasteiger partial charge in [-0.05, 0) is 5.92 Å². The average Bonchev–Trinajstić information content (AvgIpc) is 2.19. The van der Waals surface area contributed by atoms with E-state index in [4.69, 9.17) is 5.21 Å². The van der Waals surface area contributed by atoms with E-state index in [1.54, 1.807) is 0 Å². The Kier molecular flexibility index (Phi) is 3.70. The molecule has 1 aromatic carbocycles. The van der Waals surface area contributed by atoms with Gasteiger partial charge in [0, 0.05) is 5.56 Å². The molecule has 0 fully saturated rings. The topological polar surface area (TPSA) is 32.6 Å². The highest BCUT2D eigenvalue weighted by molar-refractivity contribution is 6.84. The fraction of sp³-hybridized carbons (Fsp3) is 0.250. The third-order valence-electron chi connectivity index (χ3n) is 1.70. The van der Waals surface area contributed by atoms with Gasteiger partial charge in [-0.2, -0.15) is 0 Å². The first-order valence-electron chi connectivity index (χ1n) is 4.83. The number of benzene rings is 1. The molecule has 0 spiro atoms. The summed E-state index contributed by atoms with van der Waals surface area (Å²) in [6.07, 6.45) is 0. The summed E-state index contributed by atoms with van der Waals surface area (Å²) in [6.45, 7) is 6.46. The molecular formula is C12H15NOSi. The molecule has 2 nitrogen and oxygen atoms in total. The van der Waals surface area contributed by atoms with Crippen molar-refractivity contribution in [3.8, 4) is 11.5 Å². The summed E-state index contributed by atoms with van der Waals surface area (Å²) in [4.78, 5) is 0. The first-order chi connectivity index (χ1) is 7.03. The number of nitrogens with zero attached hydrogens (tertiary/aromatic N) is 1. The molecule has 0 aliphatic carbocycles. The lowest BCUT2D eigenvalue weighted by Crippen LogP contribution is -2.17. The van der Waals surface area contributed by atoms with Crippen LogP contribution < -0.4 is 0 Å². The van der Waals surface area contributed by atoms with Gasteiger partial charge in [-0.1, -0.05) is 55.1 Å². The zero-order valence-electron chi connectivity index (χ0n) is 9.28. The second-order valence-electron chi connectivity index (χ2n) is 4.31. The zero-order chi connectivity index (χ0) is 11.3. The Morgan fingerprint density at radius 3 is 2.27 bits per heavy atom. The van der Waals surface area contributed by atoms with Crippen LogP contribution in [0.4, 0.5) is 0 Å². The van der Waals surface area contributed by atoms with Crippen molar-refractivity contribution >= 4 is 13.8 Å². The highest BCUT2D eigenvalue weighted by Crippen LogP contribution is 2.02. The summed E-state index contributed by atoms with van der Waals surface area (Å²) < 4.78 is 0. The molecule has 1 aromatic rings. The zero-order valence-corrected chi connectivity index (χ0v) is 10.3. The van der Waals surface area contributed by atoms with Crippen LogP contribution in [0.3, 0.4) is 0 Å². The Labute approximate surface area is 91.6 Å². The van der Waals surface area contributed by atoms with Crippen molar-refractivity contribution in [1.82, 2.24) is 0 Å². The second-order valence-corrected chi connectivity index (χ2v) is 9.06. The fourth-order valence-electron chi connectivity index (χ4n) is 0.998. The fourth-order valence-corrected chi connectivity index (χ4v) is 1.49. The molecule has 0 aliphatic rings. The second kappa shape index (κ2) is 4.81. The minimum absolute atomic E-state index is 0.443. The molecule has 0 aliphatic heterocycles. The monoisotopic (exact) mass is 217 g/mol. The van der Waals surface area contributed by atoms with E-state index in [0.29, 0.717) is 5.71 Å². The SMILES string of the molecule is C[Si](C)(C)C#CC(=NO)c1ccccc1. The molecule has 0 unspecified atom stereocenters. The summed E-state index contributed by atoms with van der Waals surface area (Å²) in [5, 5.41) is 12.1. The van der Waals surface area contributed by atoms with E-state index in [2.05, 4.69) is 36.3 Å². The molecule has 0 saturated carbocycles. The van der Waals surface area contributed by atoms with Crippen LogP contribution in [0.2, 0.25) is 19.6 Å². The van der Waals surface area contributed by atoms with Gasteiger partial charge in [0.1, 0.15) is 8.07 Å². The van der Waals surface area contributed by atoms with Crippen LogP contribution in [-0.2, 0) is 0 Å². The summed E-state index contributed by atoms with van der Waals surface area (Å²) >= 11 is 0. The van der Waals surface area contributed by atoms with Crippen molar-refractivity contribution in [2.75, 3.05) is 0 Å².